The molecule has 0 spiro atoms. The molecule has 4 nitrogen and oxygen atoms in total. The van der Waals surface area contributed by atoms with Crippen LogP contribution in [0.3, 0.4) is 0 Å². The van der Waals surface area contributed by atoms with Crippen LogP contribution in [0.15, 0.2) is 30.5 Å². The molecule has 0 amide bonds. The lowest BCUT2D eigenvalue weighted by atomic mass is 10.1. The maximum atomic E-state index is 9.19. The van der Waals surface area contributed by atoms with Crippen LogP contribution in [0, 0.1) is 11.3 Å². The molecule has 0 saturated carbocycles. The van der Waals surface area contributed by atoms with Crippen molar-refractivity contribution < 1.29 is 0 Å². The lowest BCUT2D eigenvalue weighted by Crippen LogP contribution is -2.28. The number of benzene rings is 1. The van der Waals surface area contributed by atoms with Gasteiger partial charge < -0.3 is 10.2 Å². The molecule has 1 saturated heterocycles. The number of nitrogens with one attached hydrogen (secondary N) is 1. The van der Waals surface area contributed by atoms with Gasteiger partial charge in [0.1, 0.15) is 5.82 Å². The van der Waals surface area contributed by atoms with Crippen molar-refractivity contribution in [3.05, 3.63) is 36.0 Å². The molecule has 1 aliphatic rings. The summed E-state index contributed by atoms with van der Waals surface area (Å²) < 4.78 is 0. The van der Waals surface area contributed by atoms with Crippen molar-refractivity contribution >= 4 is 16.6 Å². The van der Waals surface area contributed by atoms with E-state index >= 15 is 0 Å². The molecule has 1 aromatic carbocycles. The topological polar surface area (TPSA) is 52.0 Å². The number of pyridine rings is 1. The molecule has 19 heavy (non-hydrogen) atoms. The van der Waals surface area contributed by atoms with E-state index in [1.165, 1.54) is 0 Å². The van der Waals surface area contributed by atoms with Gasteiger partial charge in [0, 0.05) is 36.6 Å². The van der Waals surface area contributed by atoms with Crippen LogP contribution < -0.4 is 10.2 Å². The summed E-state index contributed by atoms with van der Waals surface area (Å²) >= 11 is 0. The first kappa shape index (κ1) is 11.9. The maximum absolute atomic E-state index is 9.19. The van der Waals surface area contributed by atoms with Crippen molar-refractivity contribution in [2.24, 2.45) is 0 Å². The highest BCUT2D eigenvalue weighted by Gasteiger charge is 2.14. The van der Waals surface area contributed by atoms with Gasteiger partial charge in [0.05, 0.1) is 11.6 Å². The second kappa shape index (κ2) is 5.25. The molecular weight excluding hydrogens is 236 g/mol. The van der Waals surface area contributed by atoms with Crippen molar-refractivity contribution in [2.75, 3.05) is 31.1 Å². The largest absolute Gasteiger partial charge is 0.355 e. The highest BCUT2D eigenvalue weighted by Crippen LogP contribution is 2.26. The third-order valence-corrected chi connectivity index (χ3v) is 3.55. The molecule has 1 fully saturated rings. The van der Waals surface area contributed by atoms with Gasteiger partial charge in [-0.3, -0.25) is 0 Å². The molecule has 96 valence electrons. The fourth-order valence-corrected chi connectivity index (χ4v) is 2.60. The van der Waals surface area contributed by atoms with E-state index in [0.717, 1.165) is 49.2 Å². The first-order valence-electron chi connectivity index (χ1n) is 6.63. The summed E-state index contributed by atoms with van der Waals surface area (Å²) in [6.45, 7) is 4.01. The number of rotatable bonds is 1. The van der Waals surface area contributed by atoms with Gasteiger partial charge in [-0.05, 0) is 25.1 Å². The molecule has 1 N–H and O–H groups in total. The Labute approximate surface area is 112 Å². The maximum Gasteiger partial charge on any atom is 0.136 e. The Bertz CT molecular complexity index is 622. The Hall–Kier alpha value is -2.12. The second-order valence-corrected chi connectivity index (χ2v) is 4.74. The summed E-state index contributed by atoms with van der Waals surface area (Å²) in [6.07, 6.45) is 2.92. The smallest absolute Gasteiger partial charge is 0.136 e. The predicted octanol–water partition coefficient (Wildman–Crippen LogP) is 1.91. The third kappa shape index (κ3) is 2.25. The van der Waals surface area contributed by atoms with Crippen molar-refractivity contribution in [1.82, 2.24) is 10.3 Å². The van der Waals surface area contributed by atoms with Gasteiger partial charge in [-0.2, -0.15) is 5.26 Å². The summed E-state index contributed by atoms with van der Waals surface area (Å²) in [5.41, 5.74) is 0.717. The zero-order valence-corrected chi connectivity index (χ0v) is 10.8. The van der Waals surface area contributed by atoms with E-state index in [1.54, 1.807) is 6.20 Å². The van der Waals surface area contributed by atoms with Crippen LogP contribution in [0.5, 0.6) is 0 Å². The molecular formula is C15H16N4. The average molecular weight is 252 g/mol. The average Bonchev–Trinajstić information content (AvgIpc) is 2.75. The van der Waals surface area contributed by atoms with E-state index in [-0.39, 0.29) is 0 Å². The van der Waals surface area contributed by atoms with Crippen molar-refractivity contribution in [1.29, 1.82) is 5.26 Å². The highest BCUT2D eigenvalue weighted by molar-refractivity contribution is 5.95. The van der Waals surface area contributed by atoms with E-state index in [9.17, 15) is 5.26 Å². The van der Waals surface area contributed by atoms with Crippen LogP contribution in [0.1, 0.15) is 12.0 Å². The fourth-order valence-electron chi connectivity index (χ4n) is 2.60. The van der Waals surface area contributed by atoms with Crippen LogP contribution in [-0.2, 0) is 0 Å². The van der Waals surface area contributed by atoms with Crippen molar-refractivity contribution in [3.8, 4) is 6.07 Å². The van der Waals surface area contributed by atoms with Crippen LogP contribution >= 0.6 is 0 Å². The summed E-state index contributed by atoms with van der Waals surface area (Å²) in [5.74, 6) is 0.998. The number of hydrogen-bond acceptors (Lipinski definition) is 4. The Morgan fingerprint density at radius 2 is 2.11 bits per heavy atom. The minimum absolute atomic E-state index is 0.717. The zero-order chi connectivity index (χ0) is 13.1. The highest BCUT2D eigenvalue weighted by atomic mass is 15.2. The van der Waals surface area contributed by atoms with Gasteiger partial charge in [-0.1, -0.05) is 12.1 Å². The lowest BCUT2D eigenvalue weighted by molar-refractivity contribution is 0.724. The summed E-state index contributed by atoms with van der Waals surface area (Å²) in [4.78, 5) is 6.85. The Morgan fingerprint density at radius 1 is 1.16 bits per heavy atom. The number of anilines is 1. The molecule has 2 heterocycles. The number of nitrogens with zero attached hydrogens (tertiary/aromatic N) is 3. The Balaban J connectivity index is 2.11. The van der Waals surface area contributed by atoms with Gasteiger partial charge in [-0.15, -0.1) is 0 Å². The first-order chi connectivity index (χ1) is 9.40. The standard InChI is InChI=1S/C15H16N4/c16-11-12-3-1-4-14-13(12)5-7-18-15(14)19-9-2-6-17-8-10-19/h1,3-5,7,17H,2,6,8-10H2. The number of nitriles is 1. The Kier molecular flexibility index (Phi) is 3.30. The molecule has 2 aromatic rings. The summed E-state index contributed by atoms with van der Waals surface area (Å²) in [7, 11) is 0. The number of fused-ring (bicyclic) bond motifs is 1. The zero-order valence-electron chi connectivity index (χ0n) is 10.8. The molecule has 0 aliphatic carbocycles. The summed E-state index contributed by atoms with van der Waals surface area (Å²) in [5, 5.41) is 14.6. The van der Waals surface area contributed by atoms with Gasteiger partial charge >= 0.3 is 0 Å². The van der Waals surface area contributed by atoms with Crippen molar-refractivity contribution in [3.63, 3.8) is 0 Å². The van der Waals surface area contributed by atoms with E-state index in [2.05, 4.69) is 27.3 Å². The molecule has 4 heteroatoms. The minimum atomic E-state index is 0.717. The fraction of sp³-hybridized carbons (Fsp3) is 0.333. The number of hydrogen-bond donors (Lipinski definition) is 1. The van der Waals surface area contributed by atoms with Gasteiger partial charge in [-0.25, -0.2) is 4.98 Å². The first-order valence-corrected chi connectivity index (χ1v) is 6.63. The third-order valence-electron chi connectivity index (χ3n) is 3.55. The van der Waals surface area contributed by atoms with E-state index in [1.807, 2.05) is 18.2 Å². The van der Waals surface area contributed by atoms with Gasteiger partial charge in [0.2, 0.25) is 0 Å². The van der Waals surface area contributed by atoms with Gasteiger partial charge in [0.25, 0.3) is 0 Å². The molecule has 0 radical (unpaired) electrons. The molecule has 0 unspecified atom stereocenters. The molecule has 0 atom stereocenters. The molecule has 1 aromatic heterocycles. The normalized spacial score (nSPS) is 16.1. The monoisotopic (exact) mass is 252 g/mol. The van der Waals surface area contributed by atoms with E-state index in [0.29, 0.717) is 5.56 Å². The van der Waals surface area contributed by atoms with Crippen LogP contribution in [0.25, 0.3) is 10.8 Å². The molecule has 0 bridgehead atoms. The van der Waals surface area contributed by atoms with E-state index < -0.39 is 0 Å². The van der Waals surface area contributed by atoms with Crippen LogP contribution in [0.4, 0.5) is 5.82 Å². The van der Waals surface area contributed by atoms with Crippen LogP contribution in [-0.4, -0.2) is 31.2 Å². The van der Waals surface area contributed by atoms with E-state index in [4.69, 9.17) is 0 Å². The van der Waals surface area contributed by atoms with Crippen LogP contribution in [0.2, 0.25) is 0 Å². The predicted molar refractivity (Wildman–Crippen MR) is 76.2 cm³/mol. The lowest BCUT2D eigenvalue weighted by Gasteiger charge is -2.22. The van der Waals surface area contributed by atoms with Gasteiger partial charge in [0.15, 0.2) is 0 Å². The SMILES string of the molecule is N#Cc1cccc2c(N3CCCNCC3)nccc12. The number of aromatic nitrogens is 1. The quantitative estimate of drug-likeness (QED) is 0.842. The Morgan fingerprint density at radius 3 is 3.00 bits per heavy atom. The molecule has 1 aliphatic heterocycles. The minimum Gasteiger partial charge on any atom is -0.355 e. The second-order valence-electron chi connectivity index (χ2n) is 4.74. The van der Waals surface area contributed by atoms with Crippen molar-refractivity contribution in [2.45, 2.75) is 6.42 Å². The summed E-state index contributed by atoms with van der Waals surface area (Å²) in [6, 6.07) is 10.0. The molecule has 3 rings (SSSR count).